The van der Waals surface area contributed by atoms with Crippen LogP contribution in [0.15, 0.2) is 18.2 Å². The fourth-order valence-corrected chi connectivity index (χ4v) is 3.10. The molecule has 1 amide bonds. The molecule has 0 aliphatic heterocycles. The third kappa shape index (κ3) is 4.10. The van der Waals surface area contributed by atoms with E-state index in [0.717, 1.165) is 29.3 Å². The molecule has 1 aliphatic rings. The molecule has 1 aromatic rings. The second-order valence-electron chi connectivity index (χ2n) is 5.08. The largest absolute Gasteiger partial charge is 0.468 e. The van der Waals surface area contributed by atoms with Crippen LogP contribution in [0.1, 0.15) is 36.0 Å². The third-order valence-electron chi connectivity index (χ3n) is 3.72. The zero-order chi connectivity index (χ0) is 15.4. The maximum atomic E-state index is 12.7. The number of hydrogen-bond donors (Lipinski definition) is 0. The Bertz CT molecular complexity index is 544. The van der Waals surface area contributed by atoms with Crippen LogP contribution in [0.3, 0.4) is 0 Å². The maximum Gasteiger partial charge on any atom is 0.325 e. The van der Waals surface area contributed by atoms with Crippen LogP contribution in [-0.2, 0) is 9.53 Å². The minimum absolute atomic E-state index is 0.0103. The summed E-state index contributed by atoms with van der Waals surface area (Å²) in [4.78, 5) is 25.9. The summed E-state index contributed by atoms with van der Waals surface area (Å²) in [5.41, 5.74) is 0.510. The molecule has 0 atom stereocenters. The Kier molecular flexibility index (Phi) is 5.87. The van der Waals surface area contributed by atoms with E-state index in [0.29, 0.717) is 10.6 Å². The van der Waals surface area contributed by atoms with Crippen molar-refractivity contribution in [3.63, 3.8) is 0 Å². The highest BCUT2D eigenvalue weighted by molar-refractivity contribution is 14.1. The average Bonchev–Trinajstić information content (AvgIpc) is 3.00. The molecule has 0 N–H and O–H groups in total. The van der Waals surface area contributed by atoms with Gasteiger partial charge >= 0.3 is 5.97 Å². The number of halogens is 2. The van der Waals surface area contributed by atoms with Crippen LogP contribution < -0.4 is 0 Å². The van der Waals surface area contributed by atoms with Gasteiger partial charge in [0, 0.05) is 15.2 Å². The van der Waals surface area contributed by atoms with E-state index in [2.05, 4.69) is 22.6 Å². The quantitative estimate of drug-likeness (QED) is 0.552. The van der Waals surface area contributed by atoms with Crippen LogP contribution in [0.4, 0.5) is 0 Å². The molecule has 1 aliphatic carbocycles. The molecule has 0 heterocycles. The molecule has 21 heavy (non-hydrogen) atoms. The van der Waals surface area contributed by atoms with Crippen molar-refractivity contribution in [2.24, 2.45) is 0 Å². The van der Waals surface area contributed by atoms with Crippen molar-refractivity contribution in [1.82, 2.24) is 4.90 Å². The monoisotopic (exact) mass is 421 g/mol. The number of rotatable bonds is 4. The molecule has 2 rings (SSSR count). The van der Waals surface area contributed by atoms with Crippen LogP contribution in [0.2, 0.25) is 5.02 Å². The molecule has 0 spiro atoms. The highest BCUT2D eigenvalue weighted by atomic mass is 127. The summed E-state index contributed by atoms with van der Waals surface area (Å²) in [6.45, 7) is -0.0103. The summed E-state index contributed by atoms with van der Waals surface area (Å²) in [6, 6.07) is 5.32. The molecule has 1 fully saturated rings. The minimum Gasteiger partial charge on any atom is -0.468 e. The Labute approximate surface area is 142 Å². The lowest BCUT2D eigenvalue weighted by Gasteiger charge is -2.28. The number of ether oxygens (including phenoxy) is 1. The number of amides is 1. The van der Waals surface area contributed by atoms with Crippen LogP contribution in [0.25, 0.3) is 0 Å². The molecule has 4 nitrogen and oxygen atoms in total. The van der Waals surface area contributed by atoms with Crippen LogP contribution in [0, 0.1) is 3.57 Å². The minimum atomic E-state index is -0.396. The van der Waals surface area contributed by atoms with Crippen molar-refractivity contribution in [2.45, 2.75) is 31.7 Å². The Morgan fingerprint density at radius 2 is 2.05 bits per heavy atom. The van der Waals surface area contributed by atoms with E-state index in [9.17, 15) is 9.59 Å². The first-order valence-electron chi connectivity index (χ1n) is 6.85. The van der Waals surface area contributed by atoms with Gasteiger partial charge in [0.1, 0.15) is 6.54 Å². The Morgan fingerprint density at radius 3 is 2.62 bits per heavy atom. The van der Waals surface area contributed by atoms with Gasteiger partial charge < -0.3 is 9.64 Å². The highest BCUT2D eigenvalue weighted by Crippen LogP contribution is 2.26. The van der Waals surface area contributed by atoms with Gasteiger partial charge in [-0.25, -0.2) is 0 Å². The molecule has 6 heteroatoms. The zero-order valence-electron chi connectivity index (χ0n) is 11.8. The predicted molar refractivity (Wildman–Crippen MR) is 89.5 cm³/mol. The zero-order valence-corrected chi connectivity index (χ0v) is 14.7. The predicted octanol–water partition coefficient (Wildman–Crippen LogP) is 3.50. The van der Waals surface area contributed by atoms with E-state index in [1.54, 1.807) is 23.1 Å². The van der Waals surface area contributed by atoms with Crippen LogP contribution in [-0.4, -0.2) is 36.5 Å². The standard InChI is InChI=1S/C15H17ClINO3/c1-21-14(19)9-18(11-4-2-3-5-11)15(20)10-6-7-13(17)12(16)8-10/h6-8,11H,2-5,9H2,1H3. The second kappa shape index (κ2) is 7.45. The lowest BCUT2D eigenvalue weighted by molar-refractivity contribution is -0.141. The van der Waals surface area contributed by atoms with Crippen LogP contribution in [0.5, 0.6) is 0 Å². The molecular weight excluding hydrogens is 405 g/mol. The number of carbonyl (C=O) groups excluding carboxylic acids is 2. The molecule has 0 saturated heterocycles. The van der Waals surface area contributed by atoms with Crippen molar-refractivity contribution in [3.05, 3.63) is 32.4 Å². The van der Waals surface area contributed by atoms with Gasteiger partial charge in [-0.05, 0) is 53.6 Å². The van der Waals surface area contributed by atoms with Crippen molar-refractivity contribution < 1.29 is 14.3 Å². The van der Waals surface area contributed by atoms with E-state index in [4.69, 9.17) is 16.3 Å². The molecular formula is C15H17ClINO3. The summed E-state index contributed by atoms with van der Waals surface area (Å²) in [5, 5.41) is 0.547. The Morgan fingerprint density at radius 1 is 1.38 bits per heavy atom. The lowest BCUT2D eigenvalue weighted by Crippen LogP contribution is -2.42. The molecule has 1 aromatic carbocycles. The topological polar surface area (TPSA) is 46.6 Å². The second-order valence-corrected chi connectivity index (χ2v) is 6.65. The SMILES string of the molecule is COC(=O)CN(C(=O)c1ccc(I)c(Cl)c1)C1CCCC1. The number of benzene rings is 1. The van der Waals surface area contributed by atoms with Gasteiger partial charge in [-0.3, -0.25) is 9.59 Å². The van der Waals surface area contributed by atoms with Crippen LogP contribution >= 0.6 is 34.2 Å². The normalized spacial score (nSPS) is 15.0. The number of hydrogen-bond acceptors (Lipinski definition) is 3. The fraction of sp³-hybridized carbons (Fsp3) is 0.467. The number of esters is 1. The van der Waals surface area contributed by atoms with Crippen molar-refractivity contribution in [2.75, 3.05) is 13.7 Å². The average molecular weight is 422 g/mol. The molecule has 0 bridgehead atoms. The number of nitrogens with zero attached hydrogens (tertiary/aromatic N) is 1. The third-order valence-corrected chi connectivity index (χ3v) is 5.29. The fourth-order valence-electron chi connectivity index (χ4n) is 2.58. The van der Waals surface area contributed by atoms with Gasteiger partial charge in [0.25, 0.3) is 5.91 Å². The van der Waals surface area contributed by atoms with E-state index in [1.165, 1.54) is 7.11 Å². The Hall–Kier alpha value is -0.820. The number of carbonyl (C=O) groups is 2. The van der Waals surface area contributed by atoms with E-state index in [-0.39, 0.29) is 18.5 Å². The van der Waals surface area contributed by atoms with E-state index >= 15 is 0 Å². The van der Waals surface area contributed by atoms with E-state index in [1.807, 2.05) is 0 Å². The van der Waals surface area contributed by atoms with Gasteiger partial charge in [0.2, 0.25) is 0 Å². The van der Waals surface area contributed by atoms with Gasteiger partial charge in [-0.2, -0.15) is 0 Å². The molecule has 114 valence electrons. The summed E-state index contributed by atoms with van der Waals surface area (Å²) in [7, 11) is 1.33. The molecule has 1 saturated carbocycles. The van der Waals surface area contributed by atoms with Gasteiger partial charge in [-0.1, -0.05) is 24.4 Å². The summed E-state index contributed by atoms with van der Waals surface area (Å²) >= 11 is 8.20. The highest BCUT2D eigenvalue weighted by Gasteiger charge is 2.29. The summed E-state index contributed by atoms with van der Waals surface area (Å²) < 4.78 is 5.60. The van der Waals surface area contributed by atoms with E-state index < -0.39 is 5.97 Å². The van der Waals surface area contributed by atoms with Crippen molar-refractivity contribution >= 4 is 46.1 Å². The first kappa shape index (κ1) is 16.5. The summed E-state index contributed by atoms with van der Waals surface area (Å²) in [5.74, 6) is -0.558. The first-order valence-corrected chi connectivity index (χ1v) is 8.31. The first-order chi connectivity index (χ1) is 10.0. The smallest absolute Gasteiger partial charge is 0.325 e. The van der Waals surface area contributed by atoms with Crippen molar-refractivity contribution in [1.29, 1.82) is 0 Å². The summed E-state index contributed by atoms with van der Waals surface area (Å²) in [6.07, 6.45) is 4.04. The van der Waals surface area contributed by atoms with Gasteiger partial charge in [0.15, 0.2) is 0 Å². The molecule has 0 unspecified atom stereocenters. The van der Waals surface area contributed by atoms with Gasteiger partial charge in [0.05, 0.1) is 12.1 Å². The van der Waals surface area contributed by atoms with Gasteiger partial charge in [-0.15, -0.1) is 0 Å². The molecule has 0 aromatic heterocycles. The maximum absolute atomic E-state index is 12.7. The molecule has 0 radical (unpaired) electrons. The Balaban J connectivity index is 2.23. The van der Waals surface area contributed by atoms with Crippen molar-refractivity contribution in [3.8, 4) is 0 Å². The number of methoxy groups -OCH3 is 1. The lowest BCUT2D eigenvalue weighted by atomic mass is 10.1.